The Kier molecular flexibility index (Phi) is 9.38. The van der Waals surface area contributed by atoms with Crippen molar-refractivity contribution >= 4 is 0 Å². The van der Waals surface area contributed by atoms with Gasteiger partial charge in [0.05, 0.1) is 13.2 Å². The van der Waals surface area contributed by atoms with Gasteiger partial charge in [-0.25, -0.2) is 0 Å². The Morgan fingerprint density at radius 1 is 1.14 bits per heavy atom. The predicted molar refractivity (Wildman–Crippen MR) is 89.2 cm³/mol. The van der Waals surface area contributed by atoms with E-state index in [1.165, 1.54) is 18.4 Å². The summed E-state index contributed by atoms with van der Waals surface area (Å²) in [6.07, 6.45) is 7.52. The minimum Gasteiger partial charge on any atom is -0.493 e. The zero-order valence-corrected chi connectivity index (χ0v) is 13.5. The number of nitrogens with one attached hydrogen (secondary N) is 1. The van der Waals surface area contributed by atoms with Crippen molar-refractivity contribution in [2.45, 2.75) is 45.6 Å². The van der Waals surface area contributed by atoms with Crippen LogP contribution in [0.2, 0.25) is 0 Å². The third-order valence-electron chi connectivity index (χ3n) is 3.19. The highest BCUT2D eigenvalue weighted by molar-refractivity contribution is 5.40. The molecule has 0 amide bonds. The monoisotopic (exact) mass is 291 g/mol. The van der Waals surface area contributed by atoms with Crippen molar-refractivity contribution in [1.29, 1.82) is 0 Å². The molecule has 3 heteroatoms. The normalized spacial score (nSPS) is 10.4. The van der Waals surface area contributed by atoms with Crippen LogP contribution in [0.3, 0.4) is 0 Å². The van der Waals surface area contributed by atoms with E-state index in [4.69, 9.17) is 9.47 Å². The molecule has 0 aromatic heterocycles. The lowest BCUT2D eigenvalue weighted by Crippen LogP contribution is -2.08. The first-order chi connectivity index (χ1) is 10.3. The first kappa shape index (κ1) is 17.6. The molecule has 3 nitrogen and oxygen atoms in total. The lowest BCUT2D eigenvalue weighted by molar-refractivity contribution is 0.292. The fraction of sp³-hybridized carbons (Fsp3) is 0.556. The van der Waals surface area contributed by atoms with Gasteiger partial charge in [-0.2, -0.15) is 0 Å². The van der Waals surface area contributed by atoms with Gasteiger partial charge in [0.2, 0.25) is 0 Å². The van der Waals surface area contributed by atoms with Gasteiger partial charge in [-0.3, -0.25) is 0 Å². The third kappa shape index (κ3) is 7.19. The molecule has 1 aromatic rings. The van der Waals surface area contributed by atoms with Gasteiger partial charge in [0.15, 0.2) is 0 Å². The van der Waals surface area contributed by atoms with Crippen LogP contribution in [-0.4, -0.2) is 20.3 Å². The van der Waals surface area contributed by atoms with Gasteiger partial charge < -0.3 is 14.8 Å². The second kappa shape index (κ2) is 11.2. The van der Waals surface area contributed by atoms with Crippen molar-refractivity contribution in [3.05, 3.63) is 36.4 Å². The van der Waals surface area contributed by atoms with E-state index in [-0.39, 0.29) is 0 Å². The van der Waals surface area contributed by atoms with E-state index in [0.29, 0.717) is 0 Å². The summed E-state index contributed by atoms with van der Waals surface area (Å²) < 4.78 is 11.6. The molecule has 1 N–H and O–H groups in total. The van der Waals surface area contributed by atoms with Crippen molar-refractivity contribution < 1.29 is 9.47 Å². The Morgan fingerprint density at radius 3 is 2.71 bits per heavy atom. The van der Waals surface area contributed by atoms with Crippen LogP contribution in [0.15, 0.2) is 30.9 Å². The molecule has 0 unspecified atom stereocenters. The Balaban J connectivity index is 2.52. The van der Waals surface area contributed by atoms with Crippen LogP contribution in [0.1, 0.15) is 44.6 Å². The molecule has 21 heavy (non-hydrogen) atoms. The Labute approximate surface area is 129 Å². The van der Waals surface area contributed by atoms with E-state index < -0.39 is 0 Å². The fourth-order valence-corrected chi connectivity index (χ4v) is 2.07. The molecule has 0 bridgehead atoms. The van der Waals surface area contributed by atoms with Crippen LogP contribution < -0.4 is 14.8 Å². The number of ether oxygens (including phenoxy) is 2. The highest BCUT2D eigenvalue weighted by atomic mass is 16.5. The summed E-state index contributed by atoms with van der Waals surface area (Å²) in [6, 6.07) is 6.10. The molecule has 1 rings (SSSR count). The van der Waals surface area contributed by atoms with E-state index in [9.17, 15) is 0 Å². The molecule has 0 aliphatic heterocycles. The fourth-order valence-electron chi connectivity index (χ4n) is 2.07. The molecule has 0 spiro atoms. The average Bonchev–Trinajstić information content (AvgIpc) is 2.50. The van der Waals surface area contributed by atoms with Gasteiger partial charge in [-0.05, 0) is 45.2 Å². The topological polar surface area (TPSA) is 30.5 Å². The summed E-state index contributed by atoms with van der Waals surface area (Å²) in [5, 5.41) is 3.17. The number of hydrogen-bond donors (Lipinski definition) is 1. The number of benzene rings is 1. The molecule has 0 atom stereocenters. The average molecular weight is 291 g/mol. The maximum atomic E-state index is 5.94. The van der Waals surface area contributed by atoms with Crippen LogP contribution in [-0.2, 0) is 6.54 Å². The van der Waals surface area contributed by atoms with Gasteiger partial charge in [0, 0.05) is 18.2 Å². The van der Waals surface area contributed by atoms with E-state index >= 15 is 0 Å². The highest BCUT2D eigenvalue weighted by Crippen LogP contribution is 2.25. The minimum atomic E-state index is 0.742. The number of hydrogen-bond acceptors (Lipinski definition) is 3. The Hall–Kier alpha value is -1.48. The Bertz CT molecular complexity index is 404. The molecular weight excluding hydrogens is 262 g/mol. The smallest absolute Gasteiger partial charge is 0.127 e. The van der Waals surface area contributed by atoms with Crippen LogP contribution >= 0.6 is 0 Å². The Morgan fingerprint density at radius 2 is 2.00 bits per heavy atom. The third-order valence-corrected chi connectivity index (χ3v) is 3.19. The lowest BCUT2D eigenvalue weighted by atomic mass is 10.2. The maximum absolute atomic E-state index is 5.94. The van der Waals surface area contributed by atoms with Crippen molar-refractivity contribution in [3.8, 4) is 11.5 Å². The molecule has 1 aromatic carbocycles. The molecule has 0 aliphatic carbocycles. The SMILES string of the molecule is C=CCCCCCOc1cc(OCCC)ccc1CNC. The quantitative estimate of drug-likeness (QED) is 0.459. The first-order valence-electron chi connectivity index (χ1n) is 7.95. The van der Waals surface area contributed by atoms with E-state index in [2.05, 4.69) is 24.9 Å². The minimum absolute atomic E-state index is 0.742. The van der Waals surface area contributed by atoms with Crippen molar-refractivity contribution in [3.63, 3.8) is 0 Å². The van der Waals surface area contributed by atoms with Crippen molar-refractivity contribution in [2.75, 3.05) is 20.3 Å². The van der Waals surface area contributed by atoms with Crippen LogP contribution in [0.25, 0.3) is 0 Å². The van der Waals surface area contributed by atoms with Crippen molar-refractivity contribution in [2.24, 2.45) is 0 Å². The van der Waals surface area contributed by atoms with Gasteiger partial charge in [0.25, 0.3) is 0 Å². The van der Waals surface area contributed by atoms with Gasteiger partial charge in [0.1, 0.15) is 11.5 Å². The highest BCUT2D eigenvalue weighted by Gasteiger charge is 2.06. The molecule has 0 heterocycles. The number of unbranched alkanes of at least 4 members (excludes halogenated alkanes) is 3. The predicted octanol–water partition coefficient (Wildman–Crippen LogP) is 4.32. The zero-order chi connectivity index (χ0) is 15.3. The number of allylic oxidation sites excluding steroid dienone is 1. The second-order valence-corrected chi connectivity index (χ2v) is 5.13. The van der Waals surface area contributed by atoms with Crippen LogP contribution in [0, 0.1) is 0 Å². The summed E-state index contributed by atoms with van der Waals surface area (Å²) >= 11 is 0. The summed E-state index contributed by atoms with van der Waals surface area (Å²) in [5.74, 6) is 1.82. The van der Waals surface area contributed by atoms with E-state index in [0.717, 1.165) is 50.5 Å². The molecule has 0 aliphatic rings. The lowest BCUT2D eigenvalue weighted by Gasteiger charge is -2.13. The van der Waals surface area contributed by atoms with Crippen molar-refractivity contribution in [1.82, 2.24) is 5.32 Å². The van der Waals surface area contributed by atoms with Gasteiger partial charge in [-0.15, -0.1) is 6.58 Å². The maximum Gasteiger partial charge on any atom is 0.127 e. The zero-order valence-electron chi connectivity index (χ0n) is 13.5. The first-order valence-corrected chi connectivity index (χ1v) is 7.95. The van der Waals surface area contributed by atoms with Gasteiger partial charge in [-0.1, -0.05) is 19.1 Å². The standard InChI is InChI=1S/C18H29NO2/c1-4-6-7-8-9-13-21-18-14-17(20-12-5-2)11-10-16(18)15-19-3/h4,10-11,14,19H,1,5-9,12-13,15H2,2-3H3. The summed E-state index contributed by atoms with van der Waals surface area (Å²) in [6.45, 7) is 8.15. The summed E-state index contributed by atoms with van der Waals surface area (Å²) in [4.78, 5) is 0. The molecular formula is C18H29NO2. The molecule has 0 fully saturated rings. The van der Waals surface area contributed by atoms with Gasteiger partial charge >= 0.3 is 0 Å². The van der Waals surface area contributed by atoms with Crippen LogP contribution in [0.5, 0.6) is 11.5 Å². The number of rotatable bonds is 12. The largest absolute Gasteiger partial charge is 0.493 e. The van der Waals surface area contributed by atoms with Crippen LogP contribution in [0.4, 0.5) is 0 Å². The molecule has 0 radical (unpaired) electrons. The molecule has 0 saturated heterocycles. The van der Waals surface area contributed by atoms with E-state index in [1.807, 2.05) is 25.3 Å². The second-order valence-electron chi connectivity index (χ2n) is 5.13. The molecule has 0 saturated carbocycles. The molecule has 118 valence electrons. The van der Waals surface area contributed by atoms with E-state index in [1.54, 1.807) is 0 Å². The summed E-state index contributed by atoms with van der Waals surface area (Å²) in [7, 11) is 1.94. The summed E-state index contributed by atoms with van der Waals surface area (Å²) in [5.41, 5.74) is 1.17.